The van der Waals surface area contributed by atoms with Gasteiger partial charge in [-0.15, -0.1) is 0 Å². The van der Waals surface area contributed by atoms with E-state index in [0.717, 1.165) is 24.9 Å². The zero-order chi connectivity index (χ0) is 21.8. The van der Waals surface area contributed by atoms with Crippen molar-refractivity contribution in [1.29, 1.82) is 0 Å². The third-order valence-electron chi connectivity index (χ3n) is 5.96. The summed E-state index contributed by atoms with van der Waals surface area (Å²) in [7, 11) is 0. The molecular weight excluding hydrogens is 414 g/mol. The fourth-order valence-corrected chi connectivity index (χ4v) is 4.71. The lowest BCUT2D eigenvalue weighted by atomic mass is 9.77. The van der Waals surface area contributed by atoms with Gasteiger partial charge in [-0.3, -0.25) is 0 Å². The molecule has 0 aromatic heterocycles. The van der Waals surface area contributed by atoms with Crippen LogP contribution in [0.2, 0.25) is 0 Å². The number of hydrogen-bond donors (Lipinski definition) is 1. The first-order chi connectivity index (χ1) is 15.0. The molecule has 0 bridgehead atoms. The molecule has 2 heterocycles. The van der Waals surface area contributed by atoms with Gasteiger partial charge >= 0.3 is 6.61 Å². The molecule has 2 aliphatic rings. The highest BCUT2D eigenvalue weighted by atomic mass is 19.3. The van der Waals surface area contributed by atoms with E-state index in [9.17, 15) is 17.6 Å². The highest BCUT2D eigenvalue weighted by molar-refractivity contribution is 5.43. The van der Waals surface area contributed by atoms with Crippen LogP contribution in [0.1, 0.15) is 42.3 Å². The van der Waals surface area contributed by atoms with E-state index in [-0.39, 0.29) is 23.5 Å². The van der Waals surface area contributed by atoms with Crippen molar-refractivity contribution in [1.82, 2.24) is 5.32 Å². The Balaban J connectivity index is 1.62. The average molecular weight is 439 g/mol. The molecule has 2 aromatic carbocycles. The van der Waals surface area contributed by atoms with Crippen LogP contribution in [0, 0.1) is 0 Å². The Hall–Kier alpha value is -2.32. The molecule has 1 N–H and O–H groups in total. The van der Waals surface area contributed by atoms with Crippen LogP contribution in [0.3, 0.4) is 0 Å². The summed E-state index contributed by atoms with van der Waals surface area (Å²) < 4.78 is 67.1. The quantitative estimate of drug-likeness (QED) is 0.595. The summed E-state index contributed by atoms with van der Waals surface area (Å²) in [6.45, 7) is -2.53. The minimum Gasteiger partial charge on any atom is -0.487 e. The van der Waals surface area contributed by atoms with Crippen LogP contribution in [0.4, 0.5) is 17.6 Å². The highest BCUT2D eigenvalue weighted by Gasteiger charge is 2.49. The fourth-order valence-electron chi connectivity index (χ4n) is 4.71. The maximum absolute atomic E-state index is 12.7. The van der Waals surface area contributed by atoms with Crippen LogP contribution in [0.5, 0.6) is 11.5 Å². The average Bonchev–Trinajstić information content (AvgIpc) is 3.17. The molecule has 0 amide bonds. The maximum atomic E-state index is 12.7. The van der Waals surface area contributed by atoms with E-state index in [0.29, 0.717) is 18.6 Å². The number of halogens is 4. The Morgan fingerprint density at radius 1 is 1.10 bits per heavy atom. The molecule has 0 radical (unpaired) electrons. The molecule has 2 fully saturated rings. The normalized spacial score (nSPS) is 26.0. The lowest BCUT2D eigenvalue weighted by molar-refractivity contribution is -0.0499. The summed E-state index contributed by atoms with van der Waals surface area (Å²) in [4.78, 5) is 0. The van der Waals surface area contributed by atoms with Gasteiger partial charge in [0.1, 0.15) is 18.1 Å². The van der Waals surface area contributed by atoms with E-state index in [1.54, 1.807) is 0 Å². The number of nitrogens with one attached hydrogen (secondary N) is 1. The van der Waals surface area contributed by atoms with Crippen molar-refractivity contribution < 1.29 is 31.8 Å². The van der Waals surface area contributed by atoms with Gasteiger partial charge in [0.2, 0.25) is 0 Å². The van der Waals surface area contributed by atoms with E-state index in [4.69, 9.17) is 9.47 Å². The molecule has 8 heteroatoms. The van der Waals surface area contributed by atoms with Crippen LogP contribution in [-0.2, 0) is 4.74 Å². The Kier molecular flexibility index (Phi) is 6.67. The molecule has 168 valence electrons. The zero-order valence-corrected chi connectivity index (χ0v) is 16.9. The second kappa shape index (κ2) is 9.44. The molecule has 3 atom stereocenters. The minimum absolute atomic E-state index is 0.0154. The Labute approximate surface area is 178 Å². The fraction of sp³-hybridized carbons (Fsp3) is 0.478. The van der Waals surface area contributed by atoms with Crippen molar-refractivity contribution in [2.75, 3.05) is 19.8 Å². The second-order valence-electron chi connectivity index (χ2n) is 7.96. The highest BCUT2D eigenvalue weighted by Crippen LogP contribution is 2.50. The lowest BCUT2D eigenvalue weighted by Gasteiger charge is -2.41. The molecule has 4 nitrogen and oxygen atoms in total. The van der Waals surface area contributed by atoms with Gasteiger partial charge < -0.3 is 19.5 Å². The molecule has 0 unspecified atom stereocenters. The molecule has 2 aromatic rings. The largest absolute Gasteiger partial charge is 0.487 e. The maximum Gasteiger partial charge on any atom is 0.387 e. The second-order valence-corrected chi connectivity index (χ2v) is 7.96. The van der Waals surface area contributed by atoms with Crippen molar-refractivity contribution in [3.8, 4) is 11.5 Å². The monoisotopic (exact) mass is 439 g/mol. The first-order valence-corrected chi connectivity index (χ1v) is 10.4. The topological polar surface area (TPSA) is 39.7 Å². The van der Waals surface area contributed by atoms with Crippen molar-refractivity contribution in [3.05, 3.63) is 59.7 Å². The van der Waals surface area contributed by atoms with Crippen molar-refractivity contribution >= 4 is 0 Å². The van der Waals surface area contributed by atoms with Gasteiger partial charge in [0.15, 0.2) is 0 Å². The summed E-state index contributed by atoms with van der Waals surface area (Å²) >= 11 is 0. The molecule has 1 spiro atoms. The van der Waals surface area contributed by atoms with Crippen molar-refractivity contribution in [2.24, 2.45) is 0 Å². The number of hydrogen-bond acceptors (Lipinski definition) is 4. The number of alkyl halides is 4. The van der Waals surface area contributed by atoms with Gasteiger partial charge in [0.05, 0.1) is 18.2 Å². The van der Waals surface area contributed by atoms with E-state index in [1.165, 1.54) is 18.2 Å². The van der Waals surface area contributed by atoms with Gasteiger partial charge in [0.25, 0.3) is 6.43 Å². The third kappa shape index (κ3) is 4.96. The smallest absolute Gasteiger partial charge is 0.387 e. The molecular formula is C23H25F4NO3. The summed E-state index contributed by atoms with van der Waals surface area (Å²) in [5.74, 6) is 0.0179. The molecule has 0 aliphatic carbocycles. The molecule has 4 rings (SSSR count). The van der Waals surface area contributed by atoms with Gasteiger partial charge in [-0.05, 0) is 49.6 Å². The predicted octanol–water partition coefficient (Wildman–Crippen LogP) is 5.30. The first kappa shape index (κ1) is 21.9. The number of rotatable bonds is 7. The number of piperidine rings is 1. The SMILES string of the molecule is FC(F)COc1ccc(OC(F)F)cc1[C@@H]1CO[C@]2(CCCN[C@H]2c2ccccc2)C1. The van der Waals surface area contributed by atoms with Gasteiger partial charge in [-0.25, -0.2) is 8.78 Å². The molecule has 2 aliphatic heterocycles. The van der Waals surface area contributed by atoms with Crippen molar-refractivity contribution in [3.63, 3.8) is 0 Å². The van der Waals surface area contributed by atoms with E-state index < -0.39 is 25.2 Å². The molecule has 31 heavy (non-hydrogen) atoms. The van der Waals surface area contributed by atoms with Crippen molar-refractivity contribution in [2.45, 2.75) is 49.9 Å². The van der Waals surface area contributed by atoms with E-state index in [1.807, 2.05) is 18.2 Å². The Morgan fingerprint density at radius 3 is 2.65 bits per heavy atom. The zero-order valence-electron chi connectivity index (χ0n) is 16.9. The summed E-state index contributed by atoms with van der Waals surface area (Å²) in [5.41, 5.74) is 1.20. The summed E-state index contributed by atoms with van der Waals surface area (Å²) in [5, 5.41) is 3.55. The van der Waals surface area contributed by atoms with E-state index >= 15 is 0 Å². The lowest BCUT2D eigenvalue weighted by Crippen LogP contribution is -2.48. The summed E-state index contributed by atoms with van der Waals surface area (Å²) in [6, 6.07) is 14.2. The Morgan fingerprint density at radius 2 is 1.90 bits per heavy atom. The van der Waals surface area contributed by atoms with Gasteiger partial charge in [-0.2, -0.15) is 8.78 Å². The molecule has 0 saturated carbocycles. The van der Waals surface area contributed by atoms with Crippen LogP contribution in [0.15, 0.2) is 48.5 Å². The first-order valence-electron chi connectivity index (χ1n) is 10.4. The minimum atomic E-state index is -2.98. The number of ether oxygens (including phenoxy) is 3. The van der Waals surface area contributed by atoms with Gasteiger partial charge in [-0.1, -0.05) is 30.3 Å². The standard InChI is InChI=1S/C23H25F4NO3/c24-20(25)14-29-19-8-7-17(31-22(26)27)11-18(19)16-12-23(30-13-16)9-4-10-28-21(23)15-5-2-1-3-6-15/h1-3,5-8,11,16,20-22,28H,4,9-10,12-14H2/t16-,21-,23+/m0/s1. The third-order valence-corrected chi connectivity index (χ3v) is 5.96. The molecule has 2 saturated heterocycles. The van der Waals surface area contributed by atoms with Crippen LogP contribution >= 0.6 is 0 Å². The number of benzene rings is 2. The van der Waals surface area contributed by atoms with Gasteiger partial charge in [0, 0.05) is 11.5 Å². The van der Waals surface area contributed by atoms with Crippen LogP contribution < -0.4 is 14.8 Å². The summed E-state index contributed by atoms with van der Waals surface area (Å²) in [6.07, 6.45) is -0.237. The van der Waals surface area contributed by atoms with Crippen LogP contribution in [-0.4, -0.2) is 38.4 Å². The van der Waals surface area contributed by atoms with E-state index in [2.05, 4.69) is 22.2 Å². The van der Waals surface area contributed by atoms with Crippen LogP contribution in [0.25, 0.3) is 0 Å². The Bertz CT molecular complexity index is 867. The predicted molar refractivity (Wildman–Crippen MR) is 107 cm³/mol.